The molecule has 3 aromatic carbocycles. The third-order valence-corrected chi connectivity index (χ3v) is 6.81. The number of nitrogens with zero attached hydrogens (tertiary/aromatic N) is 1. The first kappa shape index (κ1) is 25.6. The standard InChI is InChI=1S/C26H20ClNO6S2/c1-32-20-9-4-3-8-19(20)28-24(29)22(36-26(28)35)13-16-11-18(27)23(21(12-16)33-2)34-14-15-6-5-7-17(10-15)25(30)31/h3-13H,14H2,1-2H3,(H,30,31). The number of carbonyl (C=O) groups is 2. The lowest BCUT2D eigenvalue weighted by Gasteiger charge is -2.17. The topological polar surface area (TPSA) is 85.3 Å². The summed E-state index contributed by atoms with van der Waals surface area (Å²) in [6.07, 6.45) is 1.68. The lowest BCUT2D eigenvalue weighted by molar-refractivity contribution is -0.113. The third-order valence-electron chi connectivity index (χ3n) is 5.23. The zero-order chi connectivity index (χ0) is 25.8. The summed E-state index contributed by atoms with van der Waals surface area (Å²) >= 11 is 13.1. The second-order valence-electron chi connectivity index (χ2n) is 7.52. The molecule has 0 aromatic heterocycles. The third kappa shape index (κ3) is 5.33. The number of amides is 1. The van der Waals surface area contributed by atoms with Crippen molar-refractivity contribution in [3.05, 3.63) is 87.3 Å². The van der Waals surface area contributed by atoms with E-state index in [-0.39, 0.29) is 23.1 Å². The number of benzene rings is 3. The van der Waals surface area contributed by atoms with Crippen molar-refractivity contribution in [2.75, 3.05) is 19.1 Å². The van der Waals surface area contributed by atoms with Crippen LogP contribution >= 0.6 is 35.6 Å². The molecule has 0 unspecified atom stereocenters. The van der Waals surface area contributed by atoms with Crippen LogP contribution in [0.15, 0.2) is 65.6 Å². The van der Waals surface area contributed by atoms with E-state index in [0.29, 0.717) is 43.3 Å². The molecule has 0 aliphatic carbocycles. The molecule has 1 fully saturated rings. The van der Waals surface area contributed by atoms with Crippen LogP contribution in [0, 0.1) is 0 Å². The smallest absolute Gasteiger partial charge is 0.335 e. The van der Waals surface area contributed by atoms with Crippen LogP contribution in [0.2, 0.25) is 5.02 Å². The molecule has 1 aliphatic rings. The highest BCUT2D eigenvalue weighted by atomic mass is 35.5. The lowest BCUT2D eigenvalue weighted by atomic mass is 10.1. The average molecular weight is 542 g/mol. The fraction of sp³-hybridized carbons (Fsp3) is 0.115. The molecule has 3 aromatic rings. The van der Waals surface area contributed by atoms with Crippen LogP contribution in [0.25, 0.3) is 6.08 Å². The van der Waals surface area contributed by atoms with Crippen LogP contribution in [-0.4, -0.2) is 35.5 Å². The number of methoxy groups -OCH3 is 2. The van der Waals surface area contributed by atoms with E-state index < -0.39 is 5.97 Å². The molecule has 4 rings (SSSR count). The number of anilines is 1. The lowest BCUT2D eigenvalue weighted by Crippen LogP contribution is -2.27. The number of carboxylic acid groups (broad SMARTS) is 1. The maximum atomic E-state index is 13.2. The number of rotatable bonds is 8. The van der Waals surface area contributed by atoms with E-state index in [1.807, 2.05) is 6.07 Å². The fourth-order valence-corrected chi connectivity index (χ4v) is 5.11. The molecule has 7 nitrogen and oxygen atoms in total. The molecule has 1 saturated heterocycles. The second-order valence-corrected chi connectivity index (χ2v) is 9.60. The molecule has 1 heterocycles. The van der Waals surface area contributed by atoms with Crippen LogP contribution in [-0.2, 0) is 11.4 Å². The summed E-state index contributed by atoms with van der Waals surface area (Å²) in [5.74, 6) is -0.0896. The van der Waals surface area contributed by atoms with Gasteiger partial charge in [0.2, 0.25) is 0 Å². The first-order valence-corrected chi connectivity index (χ1v) is 12.2. The molecule has 1 N–H and O–H groups in total. The minimum atomic E-state index is -1.02. The highest BCUT2D eigenvalue weighted by Crippen LogP contribution is 2.42. The molecule has 1 aliphatic heterocycles. The Morgan fingerprint density at radius 2 is 1.83 bits per heavy atom. The van der Waals surface area contributed by atoms with Crippen molar-refractivity contribution in [2.45, 2.75) is 6.61 Å². The molecule has 0 atom stereocenters. The number of halogens is 1. The number of aromatic carboxylic acids is 1. The molecule has 184 valence electrons. The van der Waals surface area contributed by atoms with E-state index in [4.69, 9.17) is 38.0 Å². The van der Waals surface area contributed by atoms with Gasteiger partial charge in [-0.25, -0.2) is 4.79 Å². The van der Waals surface area contributed by atoms with Crippen molar-refractivity contribution in [2.24, 2.45) is 0 Å². The van der Waals surface area contributed by atoms with Gasteiger partial charge in [-0.15, -0.1) is 0 Å². The van der Waals surface area contributed by atoms with Crippen molar-refractivity contribution >= 4 is 63.5 Å². The number of para-hydroxylation sites is 2. The highest BCUT2D eigenvalue weighted by molar-refractivity contribution is 8.27. The van der Waals surface area contributed by atoms with E-state index in [1.54, 1.807) is 48.5 Å². The summed E-state index contributed by atoms with van der Waals surface area (Å²) in [6, 6.07) is 16.9. The van der Waals surface area contributed by atoms with Crippen LogP contribution in [0.4, 0.5) is 5.69 Å². The summed E-state index contributed by atoms with van der Waals surface area (Å²) in [7, 11) is 3.02. The molecule has 10 heteroatoms. The van der Waals surface area contributed by atoms with Crippen molar-refractivity contribution in [3.63, 3.8) is 0 Å². The van der Waals surface area contributed by atoms with E-state index >= 15 is 0 Å². The molecule has 0 saturated carbocycles. The van der Waals surface area contributed by atoms with Crippen molar-refractivity contribution in [1.82, 2.24) is 0 Å². The van der Waals surface area contributed by atoms with Gasteiger partial charge < -0.3 is 19.3 Å². The quantitative estimate of drug-likeness (QED) is 0.273. The number of thiocarbonyl (C=S) groups is 1. The van der Waals surface area contributed by atoms with Crippen molar-refractivity contribution in [1.29, 1.82) is 0 Å². The van der Waals surface area contributed by atoms with Crippen molar-refractivity contribution in [3.8, 4) is 17.2 Å². The largest absolute Gasteiger partial charge is 0.495 e. The van der Waals surface area contributed by atoms with Gasteiger partial charge in [-0.1, -0.05) is 59.8 Å². The SMILES string of the molecule is COc1ccccc1N1C(=O)C(=Cc2cc(Cl)c(OCc3cccc(C(=O)O)c3)c(OC)c2)SC1=S. The monoisotopic (exact) mass is 541 g/mol. The molecule has 1 amide bonds. The average Bonchev–Trinajstić information content (AvgIpc) is 3.15. The van der Waals surface area contributed by atoms with Gasteiger partial charge in [0.25, 0.3) is 5.91 Å². The first-order valence-electron chi connectivity index (χ1n) is 10.6. The van der Waals surface area contributed by atoms with E-state index in [2.05, 4.69) is 0 Å². The van der Waals surface area contributed by atoms with Gasteiger partial charge in [0.15, 0.2) is 15.8 Å². The molecular formula is C26H20ClNO6S2. The minimum Gasteiger partial charge on any atom is -0.495 e. The van der Waals surface area contributed by atoms with Gasteiger partial charge in [-0.05, 0) is 53.6 Å². The maximum absolute atomic E-state index is 13.2. The molecule has 0 radical (unpaired) electrons. The second kappa shape index (κ2) is 11.0. The van der Waals surface area contributed by atoms with Gasteiger partial charge in [-0.2, -0.15) is 0 Å². The summed E-state index contributed by atoms with van der Waals surface area (Å²) in [6.45, 7) is 0.0914. The van der Waals surface area contributed by atoms with Crippen LogP contribution < -0.4 is 19.1 Å². The van der Waals surface area contributed by atoms with Gasteiger partial charge >= 0.3 is 5.97 Å². The Bertz CT molecular complexity index is 1390. The minimum absolute atomic E-state index is 0.0914. The van der Waals surface area contributed by atoms with E-state index in [1.165, 1.54) is 43.0 Å². The summed E-state index contributed by atoms with van der Waals surface area (Å²) in [5, 5.41) is 9.45. The van der Waals surface area contributed by atoms with Crippen LogP contribution in [0.3, 0.4) is 0 Å². The molecule has 0 spiro atoms. The van der Waals surface area contributed by atoms with Gasteiger partial charge in [0.05, 0.1) is 35.4 Å². The predicted molar refractivity (Wildman–Crippen MR) is 144 cm³/mol. The van der Waals surface area contributed by atoms with Crippen LogP contribution in [0.5, 0.6) is 17.2 Å². The Balaban J connectivity index is 1.58. The Morgan fingerprint density at radius 3 is 2.56 bits per heavy atom. The zero-order valence-electron chi connectivity index (χ0n) is 19.2. The van der Waals surface area contributed by atoms with Crippen molar-refractivity contribution < 1.29 is 28.9 Å². The number of carbonyl (C=O) groups excluding carboxylic acids is 1. The Hall–Kier alpha value is -3.53. The normalized spacial score (nSPS) is 14.3. The maximum Gasteiger partial charge on any atom is 0.335 e. The fourth-order valence-electron chi connectivity index (χ4n) is 3.55. The predicted octanol–water partition coefficient (Wildman–Crippen LogP) is 6.04. The summed E-state index contributed by atoms with van der Waals surface area (Å²) in [5.41, 5.74) is 2.02. The van der Waals surface area contributed by atoms with E-state index in [9.17, 15) is 14.7 Å². The number of carboxylic acids is 1. The number of thioether (sulfide) groups is 1. The van der Waals surface area contributed by atoms with Gasteiger partial charge in [0, 0.05) is 0 Å². The highest BCUT2D eigenvalue weighted by Gasteiger charge is 2.35. The summed E-state index contributed by atoms with van der Waals surface area (Å²) < 4.78 is 17.1. The number of ether oxygens (including phenoxy) is 3. The Labute approximate surface area is 222 Å². The zero-order valence-corrected chi connectivity index (χ0v) is 21.6. The van der Waals surface area contributed by atoms with Crippen LogP contribution in [0.1, 0.15) is 21.5 Å². The van der Waals surface area contributed by atoms with Gasteiger partial charge in [0.1, 0.15) is 12.4 Å². The number of hydrogen-bond donors (Lipinski definition) is 1. The summed E-state index contributed by atoms with van der Waals surface area (Å²) in [4.78, 5) is 26.3. The number of hydrogen-bond acceptors (Lipinski definition) is 7. The molecule has 36 heavy (non-hydrogen) atoms. The Kier molecular flexibility index (Phi) is 7.83. The Morgan fingerprint density at radius 1 is 1.08 bits per heavy atom. The molecule has 0 bridgehead atoms. The van der Waals surface area contributed by atoms with E-state index in [0.717, 1.165) is 0 Å². The molecular weight excluding hydrogens is 522 g/mol. The van der Waals surface area contributed by atoms with Gasteiger partial charge in [-0.3, -0.25) is 9.69 Å². The first-order chi connectivity index (χ1) is 17.3.